The van der Waals surface area contributed by atoms with Crippen LogP contribution in [0.25, 0.3) is 0 Å². The summed E-state index contributed by atoms with van der Waals surface area (Å²) in [5, 5.41) is 2.96. The van der Waals surface area contributed by atoms with Gasteiger partial charge in [-0.25, -0.2) is 0 Å². The maximum atomic E-state index is 12.9. The number of hydrogen-bond acceptors (Lipinski definition) is 3. The van der Waals surface area contributed by atoms with Gasteiger partial charge in [0.15, 0.2) is 11.8 Å². The van der Waals surface area contributed by atoms with E-state index >= 15 is 0 Å². The molecule has 2 N–H and O–H groups in total. The number of benzene rings is 2. The predicted molar refractivity (Wildman–Crippen MR) is 101 cm³/mol. The summed E-state index contributed by atoms with van der Waals surface area (Å²) in [6, 6.07) is 14.5. The molecule has 1 amide bonds. The summed E-state index contributed by atoms with van der Waals surface area (Å²) in [5.74, 6) is -0.163. The first-order valence-corrected chi connectivity index (χ1v) is 9.00. The predicted octanol–water partition coefficient (Wildman–Crippen LogP) is 1.47. The van der Waals surface area contributed by atoms with Crippen LogP contribution in [0.5, 0.6) is 0 Å². The van der Waals surface area contributed by atoms with Crippen LogP contribution >= 0.6 is 0 Å². The van der Waals surface area contributed by atoms with Crippen molar-refractivity contribution in [1.29, 1.82) is 0 Å². The van der Waals surface area contributed by atoms with Crippen molar-refractivity contribution < 1.29 is 19.2 Å². The zero-order chi connectivity index (χ0) is 18.5. The Morgan fingerprint density at radius 2 is 1.77 bits per heavy atom. The Balaban J connectivity index is 1.81. The average molecular weight is 353 g/mol. The molecule has 1 fully saturated rings. The Morgan fingerprint density at radius 1 is 1.08 bits per heavy atom. The Hall–Kier alpha value is -2.50. The first-order valence-electron chi connectivity index (χ1n) is 9.00. The van der Waals surface area contributed by atoms with E-state index in [2.05, 4.69) is 5.32 Å². The number of carbonyl (C=O) groups is 2. The van der Waals surface area contributed by atoms with Gasteiger partial charge in [-0.15, -0.1) is 0 Å². The number of rotatable bonds is 5. The maximum Gasteiger partial charge on any atom is 0.282 e. The lowest BCUT2D eigenvalue weighted by Crippen LogP contribution is -3.18. The molecule has 0 saturated carbocycles. The molecule has 26 heavy (non-hydrogen) atoms. The molecule has 3 rings (SSSR count). The number of anilines is 1. The van der Waals surface area contributed by atoms with E-state index in [1.165, 1.54) is 4.90 Å². The summed E-state index contributed by atoms with van der Waals surface area (Å²) in [4.78, 5) is 26.8. The number of amides is 1. The van der Waals surface area contributed by atoms with Crippen LogP contribution in [0.1, 0.15) is 28.4 Å². The quantitative estimate of drug-likeness (QED) is 0.801. The second kappa shape index (κ2) is 8.25. The van der Waals surface area contributed by atoms with Gasteiger partial charge >= 0.3 is 0 Å². The highest BCUT2D eigenvalue weighted by molar-refractivity contribution is 6.14. The van der Waals surface area contributed by atoms with Crippen molar-refractivity contribution in [1.82, 2.24) is 0 Å². The Morgan fingerprint density at radius 3 is 2.46 bits per heavy atom. The van der Waals surface area contributed by atoms with Gasteiger partial charge in [-0.05, 0) is 26.0 Å². The lowest BCUT2D eigenvalue weighted by Gasteiger charge is -2.28. The molecule has 136 valence electrons. The molecular formula is C21H25N2O3+. The van der Waals surface area contributed by atoms with E-state index in [1.54, 1.807) is 12.1 Å². The second-order valence-electron chi connectivity index (χ2n) is 6.73. The molecule has 0 spiro atoms. The molecule has 0 radical (unpaired) electrons. The number of carbonyl (C=O) groups excluding carboxylic acids is 2. The Labute approximate surface area is 154 Å². The lowest BCUT2D eigenvalue weighted by atomic mass is 9.99. The van der Waals surface area contributed by atoms with Crippen LogP contribution in [0.15, 0.2) is 48.5 Å². The molecule has 1 atom stereocenters. The highest BCUT2D eigenvalue weighted by atomic mass is 16.5. The van der Waals surface area contributed by atoms with Gasteiger partial charge in [0.25, 0.3) is 5.91 Å². The molecule has 2 aromatic carbocycles. The third-order valence-corrected chi connectivity index (χ3v) is 4.85. The van der Waals surface area contributed by atoms with Crippen LogP contribution < -0.4 is 10.2 Å². The van der Waals surface area contributed by atoms with E-state index < -0.39 is 0 Å². The topological polar surface area (TPSA) is 59.8 Å². The second-order valence-corrected chi connectivity index (χ2v) is 6.73. The fourth-order valence-electron chi connectivity index (χ4n) is 3.19. The summed E-state index contributed by atoms with van der Waals surface area (Å²) < 4.78 is 5.36. The molecule has 0 aliphatic carbocycles. The number of hydrogen-bond donors (Lipinski definition) is 2. The van der Waals surface area contributed by atoms with Gasteiger partial charge in [0.05, 0.1) is 18.9 Å². The van der Waals surface area contributed by atoms with Gasteiger partial charge in [0, 0.05) is 11.1 Å². The van der Waals surface area contributed by atoms with Crippen molar-refractivity contribution in [3.05, 3.63) is 65.2 Å². The summed E-state index contributed by atoms with van der Waals surface area (Å²) in [6.07, 6.45) is 0. The van der Waals surface area contributed by atoms with Crippen molar-refractivity contribution in [2.24, 2.45) is 0 Å². The molecule has 5 heteroatoms. The van der Waals surface area contributed by atoms with Crippen molar-refractivity contribution >= 4 is 17.4 Å². The highest BCUT2D eigenvalue weighted by Gasteiger charge is 2.27. The van der Waals surface area contributed by atoms with E-state index in [9.17, 15) is 9.59 Å². The number of morpholine rings is 1. The van der Waals surface area contributed by atoms with Crippen LogP contribution in [0.4, 0.5) is 5.69 Å². The minimum absolute atomic E-state index is 0.0761. The van der Waals surface area contributed by atoms with E-state index in [0.717, 1.165) is 18.7 Å². The van der Waals surface area contributed by atoms with Crippen molar-refractivity contribution in [2.45, 2.75) is 19.9 Å². The fourth-order valence-corrected chi connectivity index (χ4v) is 3.19. The molecule has 0 aromatic heterocycles. The number of ketones is 1. The minimum Gasteiger partial charge on any atom is -0.370 e. The molecule has 5 nitrogen and oxygen atoms in total. The van der Waals surface area contributed by atoms with Crippen molar-refractivity contribution in [3.8, 4) is 0 Å². The Bertz CT molecular complexity index is 783. The van der Waals surface area contributed by atoms with Gasteiger partial charge in [-0.2, -0.15) is 0 Å². The summed E-state index contributed by atoms with van der Waals surface area (Å²) in [7, 11) is 0. The molecule has 1 heterocycles. The normalized spacial score (nSPS) is 16.1. The first kappa shape index (κ1) is 18.3. The number of ether oxygens (including phenoxy) is 1. The monoisotopic (exact) mass is 353 g/mol. The van der Waals surface area contributed by atoms with Gasteiger partial charge in [-0.1, -0.05) is 42.0 Å². The van der Waals surface area contributed by atoms with E-state index in [0.29, 0.717) is 30.0 Å². The summed E-state index contributed by atoms with van der Waals surface area (Å²) in [6.45, 7) is 6.85. The molecule has 1 unspecified atom stereocenters. The molecule has 1 aliphatic heterocycles. The summed E-state index contributed by atoms with van der Waals surface area (Å²) >= 11 is 0. The molecule has 0 bridgehead atoms. The maximum absolute atomic E-state index is 12.9. The molecular weight excluding hydrogens is 328 g/mol. The van der Waals surface area contributed by atoms with Gasteiger partial charge in [-0.3, -0.25) is 9.59 Å². The lowest BCUT2D eigenvalue weighted by molar-refractivity contribution is -0.921. The highest BCUT2D eigenvalue weighted by Crippen LogP contribution is 2.21. The largest absolute Gasteiger partial charge is 0.370 e. The third kappa shape index (κ3) is 4.18. The Kier molecular flexibility index (Phi) is 5.81. The van der Waals surface area contributed by atoms with E-state index in [-0.39, 0.29) is 17.7 Å². The SMILES string of the molecule is Cc1ccc(NC(=O)C(C)[NH+]2CCOCC2)c(C(=O)c2ccccc2)c1. The summed E-state index contributed by atoms with van der Waals surface area (Å²) in [5.41, 5.74) is 2.68. The van der Waals surface area contributed by atoms with Crippen molar-refractivity contribution in [3.63, 3.8) is 0 Å². The smallest absolute Gasteiger partial charge is 0.282 e. The third-order valence-electron chi connectivity index (χ3n) is 4.85. The molecule has 2 aromatic rings. The van der Waals surface area contributed by atoms with Crippen LogP contribution in [0, 0.1) is 6.92 Å². The molecule has 1 aliphatic rings. The standard InChI is InChI=1S/C21H24N2O3/c1-15-8-9-19(18(14-15)20(24)17-6-4-3-5-7-17)22-21(25)16(2)23-10-12-26-13-11-23/h3-9,14,16H,10-13H2,1-2H3,(H,22,25)/p+1. The zero-order valence-electron chi connectivity index (χ0n) is 15.2. The number of nitrogens with one attached hydrogen (secondary N) is 2. The molecule has 1 saturated heterocycles. The van der Waals surface area contributed by atoms with Crippen LogP contribution in [0.3, 0.4) is 0 Å². The first-order chi connectivity index (χ1) is 12.6. The minimum atomic E-state index is -0.195. The van der Waals surface area contributed by atoms with E-state index in [4.69, 9.17) is 4.74 Å². The fraction of sp³-hybridized carbons (Fsp3) is 0.333. The van der Waals surface area contributed by atoms with Crippen LogP contribution in [-0.4, -0.2) is 44.0 Å². The zero-order valence-corrected chi connectivity index (χ0v) is 15.2. The van der Waals surface area contributed by atoms with Crippen LogP contribution in [-0.2, 0) is 9.53 Å². The van der Waals surface area contributed by atoms with Gasteiger partial charge < -0.3 is 15.0 Å². The number of aryl methyl sites for hydroxylation is 1. The van der Waals surface area contributed by atoms with Gasteiger partial charge in [0.1, 0.15) is 13.1 Å². The number of quaternary nitrogens is 1. The average Bonchev–Trinajstić information content (AvgIpc) is 2.69. The van der Waals surface area contributed by atoms with Crippen molar-refractivity contribution in [2.75, 3.05) is 31.6 Å². The van der Waals surface area contributed by atoms with E-state index in [1.807, 2.05) is 50.2 Å². The van der Waals surface area contributed by atoms with Crippen LogP contribution in [0.2, 0.25) is 0 Å². The van der Waals surface area contributed by atoms with Gasteiger partial charge in [0.2, 0.25) is 0 Å².